The number of imidazole rings is 1. The summed E-state index contributed by atoms with van der Waals surface area (Å²) in [4.78, 5) is 53.8. The second-order valence-electron chi connectivity index (χ2n) is 6.97. The Morgan fingerprint density at radius 3 is 2.72 bits per heavy atom. The number of non-ortho nitro benzene ring substituents is 1. The first-order chi connectivity index (χ1) is 13.8. The van der Waals surface area contributed by atoms with Crippen molar-refractivity contribution in [3.8, 4) is 0 Å². The van der Waals surface area contributed by atoms with E-state index in [0.29, 0.717) is 25.1 Å². The van der Waals surface area contributed by atoms with Crippen molar-refractivity contribution in [2.24, 2.45) is 14.1 Å². The van der Waals surface area contributed by atoms with Crippen LogP contribution in [0.25, 0.3) is 11.2 Å². The third-order valence-corrected chi connectivity index (χ3v) is 5.22. The largest absolute Gasteiger partial charge is 0.332 e. The van der Waals surface area contributed by atoms with E-state index in [1.54, 1.807) is 11.0 Å². The van der Waals surface area contributed by atoms with Gasteiger partial charge in [-0.3, -0.25) is 28.8 Å². The zero-order valence-electron chi connectivity index (χ0n) is 15.9. The highest BCUT2D eigenvalue weighted by Gasteiger charge is 2.25. The Morgan fingerprint density at radius 2 is 2.00 bits per heavy atom. The first-order valence-electron chi connectivity index (χ1n) is 8.98. The van der Waals surface area contributed by atoms with Crippen LogP contribution in [-0.2, 0) is 31.9 Å². The third kappa shape index (κ3) is 2.91. The fourth-order valence-corrected chi connectivity index (χ4v) is 3.70. The van der Waals surface area contributed by atoms with Gasteiger partial charge in [-0.15, -0.1) is 0 Å². The molecule has 3 aromatic rings. The number of aromatic nitrogens is 4. The standard InChI is InChI=1S/C18H18N6O5/c1-20-16-15(17(26)21(2)18(20)27)22(10-19-16)9-14(25)23-7-3-4-11-8-12(24(28)29)5-6-13(11)23/h5-6,8,10H,3-4,7,9H2,1-2H3. The van der Waals surface area contributed by atoms with E-state index in [9.17, 15) is 24.5 Å². The molecule has 0 saturated carbocycles. The number of nitrogens with zero attached hydrogens (tertiary/aromatic N) is 6. The van der Waals surface area contributed by atoms with Gasteiger partial charge in [0.25, 0.3) is 11.2 Å². The maximum atomic E-state index is 13.0. The summed E-state index contributed by atoms with van der Waals surface area (Å²) in [5.74, 6) is -0.269. The molecule has 0 fully saturated rings. The van der Waals surface area contributed by atoms with Crippen LogP contribution in [-0.4, -0.2) is 36.1 Å². The highest BCUT2D eigenvalue weighted by Crippen LogP contribution is 2.30. The maximum Gasteiger partial charge on any atom is 0.332 e. The molecule has 1 aliphatic rings. The number of rotatable bonds is 3. The van der Waals surface area contributed by atoms with Gasteiger partial charge in [-0.25, -0.2) is 9.78 Å². The van der Waals surface area contributed by atoms with Crippen molar-refractivity contribution in [2.45, 2.75) is 19.4 Å². The normalized spacial score (nSPS) is 13.5. The predicted octanol–water partition coefficient (Wildman–Crippen LogP) is 0.321. The van der Waals surface area contributed by atoms with Gasteiger partial charge in [-0.2, -0.15) is 0 Å². The number of amides is 1. The lowest BCUT2D eigenvalue weighted by Gasteiger charge is -2.29. The first kappa shape index (κ1) is 18.6. The van der Waals surface area contributed by atoms with E-state index in [1.807, 2.05) is 0 Å². The lowest BCUT2D eigenvalue weighted by molar-refractivity contribution is -0.384. The molecule has 1 aromatic carbocycles. The minimum atomic E-state index is -0.525. The minimum Gasteiger partial charge on any atom is -0.315 e. The predicted molar refractivity (Wildman–Crippen MR) is 104 cm³/mol. The Hall–Kier alpha value is -3.76. The molecule has 0 aliphatic carbocycles. The lowest BCUT2D eigenvalue weighted by atomic mass is 10.0. The molecular formula is C18H18N6O5. The second kappa shape index (κ2) is 6.69. The molecular weight excluding hydrogens is 380 g/mol. The van der Waals surface area contributed by atoms with Crippen LogP contribution in [0.15, 0.2) is 34.1 Å². The van der Waals surface area contributed by atoms with Crippen LogP contribution >= 0.6 is 0 Å². The Labute approximate surface area is 163 Å². The average molecular weight is 398 g/mol. The summed E-state index contributed by atoms with van der Waals surface area (Å²) < 4.78 is 3.66. The van der Waals surface area contributed by atoms with Crippen molar-refractivity contribution in [1.82, 2.24) is 18.7 Å². The van der Waals surface area contributed by atoms with Gasteiger partial charge in [0, 0.05) is 38.5 Å². The topological polar surface area (TPSA) is 125 Å². The number of aryl methyl sites for hydroxylation is 2. The summed E-state index contributed by atoms with van der Waals surface area (Å²) >= 11 is 0. The van der Waals surface area contributed by atoms with Gasteiger partial charge < -0.3 is 9.47 Å². The van der Waals surface area contributed by atoms with Gasteiger partial charge in [0.05, 0.1) is 11.3 Å². The quantitative estimate of drug-likeness (QED) is 0.462. The minimum absolute atomic E-state index is 0.0110. The monoisotopic (exact) mass is 398 g/mol. The van der Waals surface area contributed by atoms with Crippen molar-refractivity contribution in [3.63, 3.8) is 0 Å². The van der Waals surface area contributed by atoms with Crippen molar-refractivity contribution >= 4 is 28.4 Å². The molecule has 0 radical (unpaired) electrons. The molecule has 0 bridgehead atoms. The summed E-state index contributed by atoms with van der Waals surface area (Å²) in [6, 6.07) is 4.45. The average Bonchev–Trinajstić information content (AvgIpc) is 3.13. The van der Waals surface area contributed by atoms with Crippen LogP contribution in [0, 0.1) is 10.1 Å². The van der Waals surface area contributed by atoms with E-state index in [1.165, 1.54) is 41.7 Å². The molecule has 0 N–H and O–H groups in total. The van der Waals surface area contributed by atoms with Gasteiger partial charge in [0.15, 0.2) is 11.2 Å². The number of anilines is 1. The summed E-state index contributed by atoms with van der Waals surface area (Å²) in [5, 5.41) is 11.0. The van der Waals surface area contributed by atoms with Gasteiger partial charge in [0.2, 0.25) is 5.91 Å². The first-order valence-corrected chi connectivity index (χ1v) is 8.98. The van der Waals surface area contributed by atoms with Crippen LogP contribution in [0.1, 0.15) is 12.0 Å². The number of hydrogen-bond donors (Lipinski definition) is 0. The molecule has 1 amide bonds. The van der Waals surface area contributed by atoms with Crippen molar-refractivity contribution in [1.29, 1.82) is 0 Å². The number of benzene rings is 1. The Morgan fingerprint density at radius 1 is 1.24 bits per heavy atom. The van der Waals surface area contributed by atoms with Crippen molar-refractivity contribution in [2.75, 3.05) is 11.4 Å². The Bertz CT molecular complexity index is 1280. The molecule has 2 aromatic heterocycles. The summed E-state index contributed by atoms with van der Waals surface area (Å²) in [6.45, 7) is 0.340. The molecule has 11 nitrogen and oxygen atoms in total. The zero-order chi connectivity index (χ0) is 20.9. The van der Waals surface area contributed by atoms with Crippen LogP contribution in [0.4, 0.5) is 11.4 Å². The lowest BCUT2D eigenvalue weighted by Crippen LogP contribution is -2.39. The number of nitro benzene ring substituents is 1. The van der Waals surface area contributed by atoms with E-state index >= 15 is 0 Å². The van der Waals surface area contributed by atoms with Crippen LogP contribution in [0.5, 0.6) is 0 Å². The molecule has 150 valence electrons. The van der Waals surface area contributed by atoms with Crippen molar-refractivity contribution in [3.05, 3.63) is 61.0 Å². The maximum absolute atomic E-state index is 13.0. The SMILES string of the molecule is Cn1c(=O)c2c(ncn2CC(=O)N2CCCc3cc([N+](=O)[O-])ccc32)n(C)c1=O. The van der Waals surface area contributed by atoms with E-state index in [-0.39, 0.29) is 29.3 Å². The second-order valence-corrected chi connectivity index (χ2v) is 6.97. The number of fused-ring (bicyclic) bond motifs is 2. The molecule has 0 saturated heterocycles. The highest BCUT2D eigenvalue weighted by molar-refractivity contribution is 5.95. The third-order valence-electron chi connectivity index (χ3n) is 5.22. The fourth-order valence-electron chi connectivity index (χ4n) is 3.70. The zero-order valence-corrected chi connectivity index (χ0v) is 15.9. The molecule has 29 heavy (non-hydrogen) atoms. The molecule has 1 aliphatic heterocycles. The summed E-state index contributed by atoms with van der Waals surface area (Å²) in [7, 11) is 2.88. The highest BCUT2D eigenvalue weighted by atomic mass is 16.6. The van der Waals surface area contributed by atoms with Crippen LogP contribution in [0.2, 0.25) is 0 Å². The molecule has 0 spiro atoms. The van der Waals surface area contributed by atoms with Gasteiger partial charge in [-0.1, -0.05) is 0 Å². The number of carbonyl (C=O) groups excluding carboxylic acids is 1. The van der Waals surface area contributed by atoms with E-state index < -0.39 is 16.2 Å². The van der Waals surface area contributed by atoms with Crippen molar-refractivity contribution < 1.29 is 9.72 Å². The summed E-state index contributed by atoms with van der Waals surface area (Å²) in [6.07, 6.45) is 2.70. The Kier molecular flexibility index (Phi) is 4.29. The van der Waals surface area contributed by atoms with E-state index in [0.717, 1.165) is 10.1 Å². The van der Waals surface area contributed by atoms with Gasteiger partial charge >= 0.3 is 5.69 Å². The van der Waals surface area contributed by atoms with E-state index in [2.05, 4.69) is 4.98 Å². The van der Waals surface area contributed by atoms with Gasteiger partial charge in [-0.05, 0) is 24.5 Å². The number of carbonyl (C=O) groups is 1. The molecule has 0 unspecified atom stereocenters. The smallest absolute Gasteiger partial charge is 0.315 e. The van der Waals surface area contributed by atoms with Crippen LogP contribution < -0.4 is 16.1 Å². The number of hydrogen-bond acceptors (Lipinski definition) is 6. The number of nitro groups is 1. The molecule has 4 rings (SSSR count). The summed E-state index contributed by atoms with van der Waals surface area (Å²) in [5.41, 5.74) is 0.727. The molecule has 0 atom stereocenters. The van der Waals surface area contributed by atoms with Crippen LogP contribution in [0.3, 0.4) is 0 Å². The Balaban J connectivity index is 1.71. The molecule has 11 heteroatoms. The molecule has 3 heterocycles. The fraction of sp³-hybridized carbons (Fsp3) is 0.333. The van der Waals surface area contributed by atoms with E-state index in [4.69, 9.17) is 0 Å². The van der Waals surface area contributed by atoms with Gasteiger partial charge in [0.1, 0.15) is 6.54 Å².